The van der Waals surface area contributed by atoms with Crippen molar-refractivity contribution >= 4 is 16.9 Å². The van der Waals surface area contributed by atoms with Crippen LogP contribution < -0.4 is 15.0 Å². The summed E-state index contributed by atoms with van der Waals surface area (Å²) in [4.78, 5) is 24.3. The first-order chi connectivity index (χ1) is 13.1. The van der Waals surface area contributed by atoms with Crippen LogP contribution in [0.15, 0.2) is 47.3 Å². The minimum atomic E-state index is -0.446. The molecule has 8 heteroatoms. The van der Waals surface area contributed by atoms with Crippen LogP contribution in [0.25, 0.3) is 10.9 Å². The van der Waals surface area contributed by atoms with Gasteiger partial charge in [0.1, 0.15) is 17.0 Å². The van der Waals surface area contributed by atoms with Crippen molar-refractivity contribution in [1.29, 1.82) is 0 Å². The molecule has 0 saturated carbocycles. The van der Waals surface area contributed by atoms with Crippen LogP contribution in [0.2, 0.25) is 0 Å². The number of hydrogen-bond acceptors (Lipinski definition) is 7. The number of benzene rings is 2. The Labute approximate surface area is 155 Å². The van der Waals surface area contributed by atoms with Crippen molar-refractivity contribution in [3.8, 4) is 11.5 Å². The molecule has 0 aliphatic heterocycles. The number of carbonyl (C=O) groups is 1. The summed E-state index contributed by atoms with van der Waals surface area (Å²) in [6.07, 6.45) is 0.594. The average Bonchev–Trinajstić information content (AvgIpc) is 2.71. The van der Waals surface area contributed by atoms with E-state index >= 15 is 0 Å². The highest BCUT2D eigenvalue weighted by Gasteiger charge is 2.09. The summed E-state index contributed by atoms with van der Waals surface area (Å²) in [6, 6.07) is 12.3. The van der Waals surface area contributed by atoms with Crippen molar-refractivity contribution in [2.75, 3.05) is 14.2 Å². The number of esters is 1. The molecule has 140 valence electrons. The minimum absolute atomic E-state index is 0.145. The molecule has 0 N–H and O–H groups in total. The lowest BCUT2D eigenvalue weighted by molar-refractivity contribution is -0.148. The number of methoxy groups -OCH3 is 2. The van der Waals surface area contributed by atoms with E-state index in [2.05, 4.69) is 10.3 Å². The van der Waals surface area contributed by atoms with Gasteiger partial charge in [-0.2, -0.15) is 4.68 Å². The van der Waals surface area contributed by atoms with Gasteiger partial charge in [0.05, 0.1) is 19.6 Å². The highest BCUT2D eigenvalue weighted by Crippen LogP contribution is 2.23. The summed E-state index contributed by atoms with van der Waals surface area (Å²) in [5.74, 6) is 0.852. The van der Waals surface area contributed by atoms with Crippen LogP contribution in [0.3, 0.4) is 0 Å². The Balaban J connectivity index is 1.61. The molecule has 0 fully saturated rings. The van der Waals surface area contributed by atoms with E-state index in [1.54, 1.807) is 44.6 Å². The zero-order valence-electron chi connectivity index (χ0n) is 15.0. The molecule has 8 nitrogen and oxygen atoms in total. The molecule has 1 heterocycles. The molecular formula is C19H19N3O5. The molecule has 2 aromatic carbocycles. The monoisotopic (exact) mass is 369 g/mol. The molecule has 3 aromatic rings. The number of carbonyl (C=O) groups excluding carboxylic acids is 1. The van der Waals surface area contributed by atoms with Gasteiger partial charge >= 0.3 is 5.97 Å². The maximum atomic E-state index is 12.3. The number of fused-ring (bicyclic) bond motifs is 1. The third-order valence-electron chi connectivity index (χ3n) is 4.01. The summed E-state index contributed by atoms with van der Waals surface area (Å²) in [6.45, 7) is -0.281. The SMILES string of the molecule is COc1cc(CCC(=O)OCn2nnc3ccccc3c2=O)cc(OC)c1. The zero-order chi connectivity index (χ0) is 19.2. The average molecular weight is 369 g/mol. The largest absolute Gasteiger partial charge is 0.497 e. The number of rotatable bonds is 7. The summed E-state index contributed by atoms with van der Waals surface area (Å²) >= 11 is 0. The van der Waals surface area contributed by atoms with E-state index in [4.69, 9.17) is 14.2 Å². The van der Waals surface area contributed by atoms with Crippen LogP contribution in [0.4, 0.5) is 0 Å². The Morgan fingerprint density at radius 2 is 1.78 bits per heavy atom. The van der Waals surface area contributed by atoms with Gasteiger partial charge in [0.15, 0.2) is 6.73 Å². The van der Waals surface area contributed by atoms with Gasteiger partial charge < -0.3 is 14.2 Å². The second-order valence-corrected chi connectivity index (χ2v) is 5.78. The van der Waals surface area contributed by atoms with Crippen LogP contribution in [-0.4, -0.2) is 35.2 Å². The van der Waals surface area contributed by atoms with Crippen LogP contribution >= 0.6 is 0 Å². The second-order valence-electron chi connectivity index (χ2n) is 5.78. The lowest BCUT2D eigenvalue weighted by atomic mass is 10.1. The van der Waals surface area contributed by atoms with Crippen LogP contribution in [0, 0.1) is 0 Å². The smallest absolute Gasteiger partial charge is 0.307 e. The van der Waals surface area contributed by atoms with Crippen molar-refractivity contribution < 1.29 is 19.0 Å². The quantitative estimate of drug-likeness (QED) is 0.588. The maximum absolute atomic E-state index is 12.3. The zero-order valence-corrected chi connectivity index (χ0v) is 15.0. The van der Waals surface area contributed by atoms with Gasteiger partial charge in [0.25, 0.3) is 5.56 Å². The maximum Gasteiger partial charge on any atom is 0.307 e. The predicted molar refractivity (Wildman–Crippen MR) is 97.8 cm³/mol. The predicted octanol–water partition coefficient (Wildman–Crippen LogP) is 1.94. The van der Waals surface area contributed by atoms with Crippen molar-refractivity contribution in [1.82, 2.24) is 15.0 Å². The third kappa shape index (κ3) is 4.41. The molecule has 0 amide bonds. The van der Waals surface area contributed by atoms with Crippen LogP contribution in [0.1, 0.15) is 12.0 Å². The molecule has 1 aromatic heterocycles. The van der Waals surface area contributed by atoms with E-state index in [0.717, 1.165) is 10.2 Å². The Morgan fingerprint density at radius 1 is 1.07 bits per heavy atom. The molecule has 0 atom stereocenters. The van der Waals surface area contributed by atoms with Gasteiger partial charge in [0, 0.05) is 12.5 Å². The van der Waals surface area contributed by atoms with Gasteiger partial charge in [-0.15, -0.1) is 5.10 Å². The Morgan fingerprint density at radius 3 is 2.48 bits per heavy atom. The van der Waals surface area contributed by atoms with E-state index in [0.29, 0.717) is 28.8 Å². The van der Waals surface area contributed by atoms with Gasteiger partial charge in [-0.3, -0.25) is 9.59 Å². The number of nitrogens with zero attached hydrogens (tertiary/aromatic N) is 3. The number of aromatic nitrogens is 3. The van der Waals surface area contributed by atoms with Crippen molar-refractivity contribution in [2.45, 2.75) is 19.6 Å². The number of ether oxygens (including phenoxy) is 3. The first-order valence-electron chi connectivity index (χ1n) is 8.31. The van der Waals surface area contributed by atoms with Crippen LogP contribution in [0.5, 0.6) is 11.5 Å². The first kappa shape index (κ1) is 18.4. The van der Waals surface area contributed by atoms with Gasteiger partial charge in [-0.25, -0.2) is 0 Å². The van der Waals surface area contributed by atoms with Crippen molar-refractivity contribution in [3.05, 3.63) is 58.4 Å². The van der Waals surface area contributed by atoms with Crippen molar-refractivity contribution in [3.63, 3.8) is 0 Å². The lowest BCUT2D eigenvalue weighted by Gasteiger charge is -2.09. The van der Waals surface area contributed by atoms with Gasteiger partial charge in [0.2, 0.25) is 0 Å². The highest BCUT2D eigenvalue weighted by molar-refractivity contribution is 5.76. The minimum Gasteiger partial charge on any atom is -0.497 e. The normalized spacial score (nSPS) is 10.6. The lowest BCUT2D eigenvalue weighted by Crippen LogP contribution is -2.26. The molecule has 0 aliphatic rings. The molecular weight excluding hydrogens is 350 g/mol. The van der Waals surface area contributed by atoms with E-state index in [1.165, 1.54) is 0 Å². The Hall–Kier alpha value is -3.42. The standard InChI is InChI=1S/C19H19N3O5/c1-25-14-9-13(10-15(11-14)26-2)7-8-18(23)27-12-22-19(24)16-5-3-4-6-17(16)20-21-22/h3-6,9-11H,7-8,12H2,1-2H3. The summed E-state index contributed by atoms with van der Waals surface area (Å²) in [5.41, 5.74) is 1.02. The fourth-order valence-electron chi connectivity index (χ4n) is 2.57. The van der Waals surface area contributed by atoms with Gasteiger partial charge in [-0.1, -0.05) is 17.3 Å². The summed E-state index contributed by atoms with van der Waals surface area (Å²) < 4.78 is 16.6. The molecule has 27 heavy (non-hydrogen) atoms. The van der Waals surface area contributed by atoms with E-state index in [1.807, 2.05) is 12.1 Å². The molecule has 0 spiro atoms. The third-order valence-corrected chi connectivity index (χ3v) is 4.01. The number of hydrogen-bond donors (Lipinski definition) is 0. The fourth-order valence-corrected chi connectivity index (χ4v) is 2.57. The van der Waals surface area contributed by atoms with E-state index in [9.17, 15) is 9.59 Å². The molecule has 0 unspecified atom stereocenters. The molecule has 0 bridgehead atoms. The second kappa shape index (κ2) is 8.31. The fraction of sp³-hybridized carbons (Fsp3) is 0.263. The summed E-state index contributed by atoms with van der Waals surface area (Å²) in [5, 5.41) is 8.15. The first-order valence-corrected chi connectivity index (χ1v) is 8.31. The molecule has 0 saturated heterocycles. The number of aryl methyl sites for hydroxylation is 1. The topological polar surface area (TPSA) is 92.5 Å². The van der Waals surface area contributed by atoms with E-state index in [-0.39, 0.29) is 18.7 Å². The van der Waals surface area contributed by atoms with Crippen LogP contribution in [-0.2, 0) is 22.7 Å². The molecule has 3 rings (SSSR count). The molecule has 0 radical (unpaired) electrons. The summed E-state index contributed by atoms with van der Waals surface area (Å²) in [7, 11) is 3.13. The Bertz CT molecular complexity index is 993. The highest BCUT2D eigenvalue weighted by atomic mass is 16.5. The molecule has 0 aliphatic carbocycles. The Kier molecular flexibility index (Phi) is 5.65. The van der Waals surface area contributed by atoms with Gasteiger partial charge in [-0.05, 0) is 36.2 Å². The van der Waals surface area contributed by atoms with Crippen molar-refractivity contribution in [2.24, 2.45) is 0 Å². The van der Waals surface area contributed by atoms with E-state index < -0.39 is 5.97 Å².